The molecule has 3 fully saturated rings. The van der Waals surface area contributed by atoms with Crippen molar-refractivity contribution in [3.63, 3.8) is 0 Å². The molecule has 0 aromatic heterocycles. The highest BCUT2D eigenvalue weighted by molar-refractivity contribution is 7.89. The van der Waals surface area contributed by atoms with Crippen molar-refractivity contribution >= 4 is 15.9 Å². The van der Waals surface area contributed by atoms with Crippen LogP contribution in [0.4, 0.5) is 0 Å². The second-order valence-corrected chi connectivity index (χ2v) is 8.74. The van der Waals surface area contributed by atoms with Gasteiger partial charge in [-0.2, -0.15) is 4.31 Å². The summed E-state index contributed by atoms with van der Waals surface area (Å²) in [5.41, 5.74) is 0. The van der Waals surface area contributed by atoms with Crippen molar-refractivity contribution in [2.45, 2.75) is 36.4 Å². The number of ether oxygens (including phenoxy) is 1. The van der Waals surface area contributed by atoms with Gasteiger partial charge in [0.25, 0.3) is 0 Å². The Morgan fingerprint density at radius 2 is 1.79 bits per heavy atom. The molecule has 7 heteroatoms. The fourth-order valence-electron chi connectivity index (χ4n) is 3.99. The van der Waals surface area contributed by atoms with Gasteiger partial charge in [0.05, 0.1) is 23.0 Å². The second-order valence-electron chi connectivity index (χ2n) is 6.81. The minimum Gasteiger partial charge on any atom is -0.371 e. The maximum absolute atomic E-state index is 12.8. The molecule has 6 nitrogen and oxygen atoms in total. The number of morpholine rings is 1. The van der Waals surface area contributed by atoms with E-state index in [1.54, 1.807) is 30.3 Å². The molecule has 0 N–H and O–H groups in total. The monoisotopic (exact) mass is 350 g/mol. The van der Waals surface area contributed by atoms with Gasteiger partial charge in [0.1, 0.15) is 0 Å². The van der Waals surface area contributed by atoms with Gasteiger partial charge in [0.15, 0.2) is 0 Å². The number of carbonyl (C=O) groups excluding carboxylic acids is 1. The third-order valence-corrected chi connectivity index (χ3v) is 7.09. The highest BCUT2D eigenvalue weighted by atomic mass is 32.2. The molecule has 0 saturated carbocycles. The summed E-state index contributed by atoms with van der Waals surface area (Å²) in [6.07, 6.45) is 2.24. The normalized spacial score (nSPS) is 30.7. The molecule has 3 aliphatic heterocycles. The zero-order valence-corrected chi connectivity index (χ0v) is 14.3. The van der Waals surface area contributed by atoms with Crippen molar-refractivity contribution < 1.29 is 17.9 Å². The van der Waals surface area contributed by atoms with Crippen LogP contribution < -0.4 is 0 Å². The number of nitrogens with zero attached hydrogens (tertiary/aromatic N) is 2. The molecule has 3 heterocycles. The maximum Gasteiger partial charge on any atom is 0.243 e. The highest BCUT2D eigenvalue weighted by Crippen LogP contribution is 2.35. The van der Waals surface area contributed by atoms with Crippen LogP contribution >= 0.6 is 0 Å². The lowest BCUT2D eigenvalue weighted by Gasteiger charge is -2.32. The zero-order chi connectivity index (χ0) is 16.7. The van der Waals surface area contributed by atoms with Crippen molar-refractivity contribution in [2.75, 3.05) is 26.2 Å². The number of likely N-dealkylation sites (tertiary alicyclic amines) is 1. The molecule has 3 aliphatic rings. The van der Waals surface area contributed by atoms with E-state index in [1.165, 1.54) is 4.31 Å². The molecule has 0 unspecified atom stereocenters. The first-order valence-corrected chi connectivity index (χ1v) is 9.99. The highest BCUT2D eigenvalue weighted by Gasteiger charge is 2.48. The molecule has 2 bridgehead atoms. The molecule has 3 saturated heterocycles. The van der Waals surface area contributed by atoms with E-state index in [9.17, 15) is 13.2 Å². The number of rotatable bonds is 3. The van der Waals surface area contributed by atoms with Crippen LogP contribution in [0.2, 0.25) is 0 Å². The number of hydrogen-bond donors (Lipinski definition) is 0. The minimum absolute atomic E-state index is 0.138. The number of sulfonamides is 1. The summed E-state index contributed by atoms with van der Waals surface area (Å²) < 4.78 is 33.0. The summed E-state index contributed by atoms with van der Waals surface area (Å²) in [6.45, 7) is 2.23. The van der Waals surface area contributed by atoms with E-state index >= 15 is 0 Å². The van der Waals surface area contributed by atoms with Crippen LogP contribution in [0.15, 0.2) is 35.2 Å². The van der Waals surface area contributed by atoms with Crippen LogP contribution in [0.5, 0.6) is 0 Å². The second kappa shape index (κ2) is 6.13. The minimum atomic E-state index is -3.53. The van der Waals surface area contributed by atoms with E-state index in [1.807, 2.05) is 4.90 Å². The van der Waals surface area contributed by atoms with Gasteiger partial charge in [-0.25, -0.2) is 8.42 Å². The Balaban J connectivity index is 1.52. The summed E-state index contributed by atoms with van der Waals surface area (Å²) >= 11 is 0. The maximum atomic E-state index is 12.8. The van der Waals surface area contributed by atoms with Crippen molar-refractivity contribution in [3.05, 3.63) is 30.3 Å². The van der Waals surface area contributed by atoms with Crippen LogP contribution in [0, 0.1) is 5.92 Å². The van der Waals surface area contributed by atoms with Crippen LogP contribution in [-0.2, 0) is 19.6 Å². The van der Waals surface area contributed by atoms with Gasteiger partial charge in [-0.3, -0.25) is 4.79 Å². The van der Waals surface area contributed by atoms with E-state index in [-0.39, 0.29) is 30.6 Å². The van der Waals surface area contributed by atoms with Gasteiger partial charge in [0, 0.05) is 26.2 Å². The zero-order valence-electron chi connectivity index (χ0n) is 13.5. The first-order chi connectivity index (χ1) is 11.6. The van der Waals surface area contributed by atoms with Crippen molar-refractivity contribution in [2.24, 2.45) is 5.92 Å². The lowest BCUT2D eigenvalue weighted by atomic mass is 9.99. The summed E-state index contributed by atoms with van der Waals surface area (Å²) in [5.74, 6) is -0.0666. The van der Waals surface area contributed by atoms with E-state index in [4.69, 9.17) is 4.74 Å². The molecule has 1 aromatic carbocycles. The Morgan fingerprint density at radius 3 is 2.50 bits per heavy atom. The van der Waals surface area contributed by atoms with E-state index in [2.05, 4.69) is 0 Å². The number of amides is 1. The third kappa shape index (κ3) is 2.74. The van der Waals surface area contributed by atoms with Crippen LogP contribution in [0.3, 0.4) is 0 Å². The molecule has 0 radical (unpaired) electrons. The van der Waals surface area contributed by atoms with E-state index in [0.717, 1.165) is 25.9 Å². The number of carbonyl (C=O) groups is 1. The molecule has 24 heavy (non-hydrogen) atoms. The van der Waals surface area contributed by atoms with Gasteiger partial charge < -0.3 is 9.64 Å². The van der Waals surface area contributed by atoms with Gasteiger partial charge in [-0.15, -0.1) is 0 Å². The molecular weight excluding hydrogens is 328 g/mol. The first kappa shape index (κ1) is 16.1. The fraction of sp³-hybridized carbons (Fsp3) is 0.588. The average Bonchev–Trinajstić information content (AvgIpc) is 3.23. The Kier molecular flexibility index (Phi) is 4.10. The Morgan fingerprint density at radius 1 is 1.08 bits per heavy atom. The molecule has 1 amide bonds. The quantitative estimate of drug-likeness (QED) is 0.818. The lowest BCUT2D eigenvalue weighted by molar-refractivity contribution is -0.136. The SMILES string of the molecule is O=C([C@H]1C[C@@H]2CN(S(=O)(=O)c3ccccc3)C[C@H]1O2)N1CCCC1. The Hall–Kier alpha value is -1.44. The Bertz CT molecular complexity index is 715. The summed E-state index contributed by atoms with van der Waals surface area (Å²) in [6, 6.07) is 8.47. The molecule has 130 valence electrons. The van der Waals surface area contributed by atoms with Gasteiger partial charge in [-0.05, 0) is 31.4 Å². The third-order valence-electron chi connectivity index (χ3n) is 5.24. The molecule has 0 aliphatic carbocycles. The van der Waals surface area contributed by atoms with Crippen LogP contribution in [0.1, 0.15) is 19.3 Å². The van der Waals surface area contributed by atoms with Gasteiger partial charge in [0.2, 0.25) is 15.9 Å². The molecule has 0 spiro atoms. The Labute approximate surface area is 142 Å². The van der Waals surface area contributed by atoms with Gasteiger partial charge in [-0.1, -0.05) is 18.2 Å². The number of fused-ring (bicyclic) bond motifs is 2. The van der Waals surface area contributed by atoms with Gasteiger partial charge >= 0.3 is 0 Å². The van der Waals surface area contributed by atoms with Crippen molar-refractivity contribution in [3.8, 4) is 0 Å². The number of hydrogen-bond acceptors (Lipinski definition) is 4. The van der Waals surface area contributed by atoms with Crippen molar-refractivity contribution in [1.82, 2.24) is 9.21 Å². The molecule has 4 rings (SSSR count). The summed E-state index contributed by atoms with van der Waals surface area (Å²) in [4.78, 5) is 14.9. The molecule has 1 aromatic rings. The average molecular weight is 350 g/mol. The van der Waals surface area contributed by atoms with E-state index in [0.29, 0.717) is 17.9 Å². The smallest absolute Gasteiger partial charge is 0.243 e. The van der Waals surface area contributed by atoms with Crippen LogP contribution in [0.25, 0.3) is 0 Å². The summed E-state index contributed by atoms with van der Waals surface area (Å²) in [5, 5.41) is 0. The number of benzene rings is 1. The molecule has 3 atom stereocenters. The predicted octanol–water partition coefficient (Wildman–Crippen LogP) is 1.09. The fourth-order valence-corrected chi connectivity index (χ4v) is 5.50. The summed E-state index contributed by atoms with van der Waals surface area (Å²) in [7, 11) is -3.53. The lowest BCUT2D eigenvalue weighted by Crippen LogP contribution is -2.48. The van der Waals surface area contributed by atoms with Crippen LogP contribution in [-0.4, -0.2) is 61.9 Å². The van der Waals surface area contributed by atoms with Crippen molar-refractivity contribution in [1.29, 1.82) is 0 Å². The van der Waals surface area contributed by atoms with E-state index < -0.39 is 10.0 Å². The molecular formula is C17H22N2O4S. The topological polar surface area (TPSA) is 66.9 Å². The first-order valence-electron chi connectivity index (χ1n) is 8.55. The standard InChI is InChI=1S/C17H22N2O4S/c20-17(18-8-4-5-9-18)15-10-13-11-19(12-16(15)23-13)24(21,22)14-6-2-1-3-7-14/h1-3,6-7,13,15-16H,4-5,8-12H2/t13-,15+,16-/m1/s1. The predicted molar refractivity (Wildman–Crippen MR) is 87.8 cm³/mol. The largest absolute Gasteiger partial charge is 0.371 e.